The molecule has 0 N–H and O–H groups in total. The molecule has 0 saturated heterocycles. The van der Waals surface area contributed by atoms with Gasteiger partial charge in [0.2, 0.25) is 0 Å². The Morgan fingerprint density at radius 3 is 2.35 bits per heavy atom. The second-order valence-corrected chi connectivity index (χ2v) is 5.45. The molecule has 0 amide bonds. The zero-order chi connectivity index (χ0) is 12.0. The maximum absolute atomic E-state index is 11.6. The molecule has 0 spiro atoms. The standard InChI is InChI=1S/C13H26NO2.ClH/c1-4-10-16-13(15)11-14(2,3)12-8-6-5-7-9-12;/h12H,4-11H2,1-3H3;1H/q+1;/p-1. The summed E-state index contributed by atoms with van der Waals surface area (Å²) in [5, 5.41) is 0. The van der Waals surface area contributed by atoms with E-state index >= 15 is 0 Å². The van der Waals surface area contributed by atoms with E-state index in [0.717, 1.165) is 10.9 Å². The van der Waals surface area contributed by atoms with E-state index in [1.807, 2.05) is 6.92 Å². The Bertz CT molecular complexity index is 225. The predicted molar refractivity (Wildman–Crippen MR) is 65.1 cm³/mol. The van der Waals surface area contributed by atoms with Crippen molar-refractivity contribution >= 4 is 5.97 Å². The highest BCUT2D eigenvalue weighted by Gasteiger charge is 2.32. The average Bonchev–Trinajstić information content (AvgIpc) is 2.27. The Hall–Kier alpha value is -0.280. The van der Waals surface area contributed by atoms with Gasteiger partial charge in [-0.25, -0.2) is 4.79 Å². The van der Waals surface area contributed by atoms with E-state index in [4.69, 9.17) is 4.74 Å². The van der Waals surface area contributed by atoms with Crippen LogP contribution < -0.4 is 12.4 Å². The van der Waals surface area contributed by atoms with E-state index in [9.17, 15) is 4.79 Å². The molecular weight excluding hydrogens is 238 g/mol. The molecule has 3 nitrogen and oxygen atoms in total. The number of rotatable bonds is 5. The maximum Gasteiger partial charge on any atom is 0.361 e. The van der Waals surface area contributed by atoms with Crippen molar-refractivity contribution in [3.63, 3.8) is 0 Å². The molecule has 1 saturated carbocycles. The second-order valence-electron chi connectivity index (χ2n) is 5.45. The summed E-state index contributed by atoms with van der Waals surface area (Å²) in [7, 11) is 4.31. The molecule has 1 fully saturated rings. The Labute approximate surface area is 112 Å². The lowest BCUT2D eigenvalue weighted by molar-refractivity contribution is -0.909. The van der Waals surface area contributed by atoms with Crippen LogP contribution in [-0.2, 0) is 9.53 Å². The second kappa shape index (κ2) is 7.93. The molecule has 17 heavy (non-hydrogen) atoms. The minimum atomic E-state index is -0.0441. The molecule has 0 aromatic rings. The van der Waals surface area contributed by atoms with E-state index in [0.29, 0.717) is 19.2 Å². The van der Waals surface area contributed by atoms with Gasteiger partial charge in [0, 0.05) is 0 Å². The van der Waals surface area contributed by atoms with Gasteiger partial charge in [-0.1, -0.05) is 13.3 Å². The van der Waals surface area contributed by atoms with Crippen molar-refractivity contribution in [2.75, 3.05) is 27.2 Å². The normalized spacial score (nSPS) is 17.4. The number of likely N-dealkylation sites (N-methyl/N-ethyl adjacent to an activating group) is 1. The van der Waals surface area contributed by atoms with E-state index in [1.165, 1.54) is 32.1 Å². The largest absolute Gasteiger partial charge is 1.00 e. The highest BCUT2D eigenvalue weighted by atomic mass is 35.5. The minimum absolute atomic E-state index is 0. The van der Waals surface area contributed by atoms with Crippen molar-refractivity contribution < 1.29 is 26.4 Å². The fraction of sp³-hybridized carbons (Fsp3) is 0.923. The summed E-state index contributed by atoms with van der Waals surface area (Å²) >= 11 is 0. The zero-order valence-corrected chi connectivity index (χ0v) is 12.1. The van der Waals surface area contributed by atoms with Gasteiger partial charge in [-0.15, -0.1) is 0 Å². The lowest BCUT2D eigenvalue weighted by Gasteiger charge is -2.39. The van der Waals surface area contributed by atoms with Crippen molar-refractivity contribution in [3.05, 3.63) is 0 Å². The summed E-state index contributed by atoms with van der Waals surface area (Å²) < 4.78 is 5.96. The number of esters is 1. The molecule has 1 aliphatic rings. The first-order chi connectivity index (χ1) is 7.56. The summed E-state index contributed by atoms with van der Waals surface area (Å²) in [5.41, 5.74) is 0. The van der Waals surface area contributed by atoms with Gasteiger partial charge in [0.25, 0.3) is 0 Å². The number of carbonyl (C=O) groups excluding carboxylic acids is 1. The minimum Gasteiger partial charge on any atom is -1.00 e. The predicted octanol–water partition coefficient (Wildman–Crippen LogP) is -0.647. The molecule has 0 radical (unpaired) electrons. The molecule has 0 atom stereocenters. The van der Waals surface area contributed by atoms with Gasteiger partial charge in [0.15, 0.2) is 6.54 Å². The van der Waals surface area contributed by atoms with Crippen LogP contribution >= 0.6 is 0 Å². The molecule has 0 unspecified atom stereocenters. The third-order valence-corrected chi connectivity index (χ3v) is 3.57. The van der Waals surface area contributed by atoms with Crippen LogP contribution in [0.15, 0.2) is 0 Å². The van der Waals surface area contributed by atoms with E-state index in [2.05, 4.69) is 14.1 Å². The number of ether oxygens (including phenoxy) is 1. The third-order valence-electron chi connectivity index (χ3n) is 3.57. The summed E-state index contributed by atoms with van der Waals surface area (Å²) in [6, 6.07) is 0.642. The molecule has 0 aliphatic heterocycles. The van der Waals surface area contributed by atoms with Gasteiger partial charge in [-0.2, -0.15) is 0 Å². The molecule has 0 aromatic heterocycles. The topological polar surface area (TPSA) is 26.3 Å². The molecule has 102 valence electrons. The average molecular weight is 264 g/mol. The SMILES string of the molecule is CCCOC(=O)C[N+](C)(C)C1CCCCC1.[Cl-]. The van der Waals surface area contributed by atoms with Gasteiger partial charge in [0.05, 0.1) is 26.7 Å². The van der Waals surface area contributed by atoms with Gasteiger partial charge < -0.3 is 21.6 Å². The van der Waals surface area contributed by atoms with Crippen LogP contribution in [-0.4, -0.2) is 43.7 Å². The number of halogens is 1. The third kappa shape index (κ3) is 5.73. The molecular formula is C13H26ClNO2. The summed E-state index contributed by atoms with van der Waals surface area (Å²) in [6.07, 6.45) is 7.41. The lowest BCUT2D eigenvalue weighted by atomic mass is 9.93. The number of carbonyl (C=O) groups is 1. The molecule has 0 heterocycles. The van der Waals surface area contributed by atoms with Crippen LogP contribution in [0.4, 0.5) is 0 Å². The molecule has 0 bridgehead atoms. The fourth-order valence-corrected chi connectivity index (χ4v) is 2.50. The van der Waals surface area contributed by atoms with E-state index in [-0.39, 0.29) is 18.4 Å². The van der Waals surface area contributed by atoms with Gasteiger partial charge in [-0.3, -0.25) is 0 Å². The Morgan fingerprint density at radius 2 is 1.82 bits per heavy atom. The first kappa shape index (κ1) is 16.7. The maximum atomic E-state index is 11.6. The quantitative estimate of drug-likeness (QED) is 0.487. The molecule has 4 heteroatoms. The van der Waals surface area contributed by atoms with Crippen LogP contribution in [0.2, 0.25) is 0 Å². The molecule has 1 aliphatic carbocycles. The van der Waals surface area contributed by atoms with Gasteiger partial charge in [-0.05, 0) is 32.1 Å². The number of hydrogen-bond acceptors (Lipinski definition) is 2. The van der Waals surface area contributed by atoms with Crippen molar-refractivity contribution in [3.8, 4) is 0 Å². The van der Waals surface area contributed by atoms with E-state index in [1.54, 1.807) is 0 Å². The zero-order valence-electron chi connectivity index (χ0n) is 11.4. The Balaban J connectivity index is 0.00000256. The molecule has 0 aromatic carbocycles. The highest BCUT2D eigenvalue weighted by Crippen LogP contribution is 2.25. The monoisotopic (exact) mass is 263 g/mol. The van der Waals surface area contributed by atoms with Crippen molar-refractivity contribution in [2.45, 2.75) is 51.5 Å². The summed E-state index contributed by atoms with van der Waals surface area (Å²) in [4.78, 5) is 11.6. The first-order valence-electron chi connectivity index (χ1n) is 6.54. The lowest BCUT2D eigenvalue weighted by Crippen LogP contribution is -3.00. The first-order valence-corrected chi connectivity index (χ1v) is 6.54. The summed E-state index contributed by atoms with van der Waals surface area (Å²) in [5.74, 6) is -0.0441. The van der Waals surface area contributed by atoms with Crippen LogP contribution in [0.1, 0.15) is 45.4 Å². The van der Waals surface area contributed by atoms with Crippen LogP contribution in [0, 0.1) is 0 Å². The summed E-state index contributed by atoms with van der Waals surface area (Å²) in [6.45, 7) is 3.10. The number of hydrogen-bond donors (Lipinski definition) is 0. The van der Waals surface area contributed by atoms with Crippen LogP contribution in [0.3, 0.4) is 0 Å². The Morgan fingerprint density at radius 1 is 1.24 bits per heavy atom. The van der Waals surface area contributed by atoms with Crippen molar-refractivity contribution in [1.29, 1.82) is 0 Å². The number of quaternary nitrogens is 1. The van der Waals surface area contributed by atoms with Gasteiger partial charge >= 0.3 is 5.97 Å². The van der Waals surface area contributed by atoms with Crippen molar-refractivity contribution in [2.24, 2.45) is 0 Å². The highest BCUT2D eigenvalue weighted by molar-refractivity contribution is 5.70. The number of nitrogens with zero attached hydrogens (tertiary/aromatic N) is 1. The van der Waals surface area contributed by atoms with E-state index < -0.39 is 0 Å². The van der Waals surface area contributed by atoms with Crippen LogP contribution in [0.25, 0.3) is 0 Å². The smallest absolute Gasteiger partial charge is 0.361 e. The Kier molecular flexibility index (Phi) is 7.80. The van der Waals surface area contributed by atoms with Crippen LogP contribution in [0.5, 0.6) is 0 Å². The fourth-order valence-electron chi connectivity index (χ4n) is 2.50. The van der Waals surface area contributed by atoms with Crippen molar-refractivity contribution in [1.82, 2.24) is 0 Å². The van der Waals surface area contributed by atoms with Gasteiger partial charge in [0.1, 0.15) is 0 Å². The molecule has 1 rings (SSSR count).